The van der Waals surface area contributed by atoms with Crippen molar-refractivity contribution >= 4 is 39.5 Å². The number of carbonyl (C=O) groups is 4. The van der Waals surface area contributed by atoms with Crippen LogP contribution in [0.5, 0.6) is 0 Å². The SMILES string of the molecule is CCCCCCCCCCCCCCCCCCCC(=O)OC[C@H](COP(=O)(O)OC[C@@H](O)COP(=O)(O)OC[C@@H](COC(=O)CCCCCCCCCC)OC(=O)CCCCCCCCCC)OC(=O)CCCCCCCCCCCCCCCCC(C)CC. The summed E-state index contributed by atoms with van der Waals surface area (Å²) in [4.78, 5) is 72.4. The van der Waals surface area contributed by atoms with Crippen molar-refractivity contribution in [2.24, 2.45) is 5.92 Å². The standard InChI is InChI=1S/C72H140O17P2/c1-6-10-13-16-19-22-23-24-25-26-27-31-34-37-42-46-51-56-70(75)83-62-68(89-72(77)58-53-48-43-38-35-32-29-28-30-33-36-39-44-49-54-65(5)9-4)64-87-91(80,81)85-60-66(73)59-84-90(78,79)86-63-67(88-71(76)57-52-47-41-21-18-15-12-8-3)61-82-69(74)55-50-45-40-20-17-14-11-7-2/h65-68,73H,6-64H2,1-5H3,(H,78,79)(H,80,81)/t65?,66-,67+,68+/m0/s1. The first-order valence-corrected chi connectivity index (χ1v) is 40.7. The minimum Gasteiger partial charge on any atom is -0.462 e. The molecular formula is C72H140O17P2. The summed E-state index contributed by atoms with van der Waals surface area (Å²) in [6, 6.07) is 0. The van der Waals surface area contributed by atoms with E-state index < -0.39 is 97.5 Å². The predicted molar refractivity (Wildman–Crippen MR) is 368 cm³/mol. The van der Waals surface area contributed by atoms with E-state index in [-0.39, 0.29) is 25.7 Å². The van der Waals surface area contributed by atoms with Crippen molar-refractivity contribution in [2.75, 3.05) is 39.6 Å². The maximum atomic E-state index is 13.0. The molecule has 0 spiro atoms. The lowest BCUT2D eigenvalue weighted by Gasteiger charge is -2.21. The van der Waals surface area contributed by atoms with Crippen LogP contribution in [0.4, 0.5) is 0 Å². The van der Waals surface area contributed by atoms with Crippen molar-refractivity contribution in [3.8, 4) is 0 Å². The second kappa shape index (κ2) is 65.4. The molecule has 0 bridgehead atoms. The third kappa shape index (κ3) is 65.1. The van der Waals surface area contributed by atoms with Gasteiger partial charge in [-0.05, 0) is 31.6 Å². The van der Waals surface area contributed by atoms with Crippen molar-refractivity contribution in [3.05, 3.63) is 0 Å². The Kier molecular flexibility index (Phi) is 64.0. The number of aliphatic hydroxyl groups excluding tert-OH is 1. The van der Waals surface area contributed by atoms with Crippen LogP contribution < -0.4 is 0 Å². The van der Waals surface area contributed by atoms with Crippen molar-refractivity contribution in [3.63, 3.8) is 0 Å². The third-order valence-corrected chi connectivity index (χ3v) is 19.0. The molecule has 0 aliphatic rings. The normalized spacial score (nSPS) is 14.3. The molecule has 0 fully saturated rings. The molecule has 540 valence electrons. The molecule has 3 unspecified atom stereocenters. The van der Waals surface area contributed by atoms with Gasteiger partial charge >= 0.3 is 39.5 Å². The molecule has 91 heavy (non-hydrogen) atoms. The van der Waals surface area contributed by atoms with Gasteiger partial charge in [0.2, 0.25) is 0 Å². The summed E-state index contributed by atoms with van der Waals surface area (Å²) >= 11 is 0. The molecule has 0 heterocycles. The van der Waals surface area contributed by atoms with Crippen molar-refractivity contribution in [1.82, 2.24) is 0 Å². The van der Waals surface area contributed by atoms with Crippen LogP contribution in [0.25, 0.3) is 0 Å². The fraction of sp³-hybridized carbons (Fsp3) is 0.944. The monoisotopic (exact) mass is 1340 g/mol. The van der Waals surface area contributed by atoms with Gasteiger partial charge in [-0.2, -0.15) is 0 Å². The highest BCUT2D eigenvalue weighted by Gasteiger charge is 2.30. The van der Waals surface area contributed by atoms with Gasteiger partial charge in [-0.25, -0.2) is 9.13 Å². The summed E-state index contributed by atoms with van der Waals surface area (Å²) in [6.07, 6.45) is 52.8. The summed E-state index contributed by atoms with van der Waals surface area (Å²) in [5, 5.41) is 10.6. The van der Waals surface area contributed by atoms with Crippen LogP contribution in [0.1, 0.15) is 375 Å². The quantitative estimate of drug-likeness (QED) is 0.0222. The van der Waals surface area contributed by atoms with Gasteiger partial charge in [0, 0.05) is 25.7 Å². The van der Waals surface area contributed by atoms with E-state index in [0.717, 1.165) is 109 Å². The Hall–Kier alpha value is -1.94. The lowest BCUT2D eigenvalue weighted by atomic mass is 9.99. The number of unbranched alkanes of at least 4 members (excludes halogenated alkanes) is 43. The van der Waals surface area contributed by atoms with Gasteiger partial charge in [-0.3, -0.25) is 37.3 Å². The third-order valence-electron chi connectivity index (χ3n) is 17.1. The van der Waals surface area contributed by atoms with Crippen molar-refractivity contribution in [1.29, 1.82) is 0 Å². The summed E-state index contributed by atoms with van der Waals surface area (Å²) in [7, 11) is -9.89. The van der Waals surface area contributed by atoms with Gasteiger partial charge in [0.05, 0.1) is 26.4 Å². The molecule has 0 aromatic carbocycles. The van der Waals surface area contributed by atoms with Gasteiger partial charge in [-0.15, -0.1) is 0 Å². The molecule has 0 aliphatic carbocycles. The molecular weight excluding hydrogens is 1200 g/mol. The number of phosphoric ester groups is 2. The zero-order valence-corrected chi connectivity index (χ0v) is 60.8. The number of aliphatic hydroxyl groups is 1. The van der Waals surface area contributed by atoms with Crippen LogP contribution in [0.3, 0.4) is 0 Å². The van der Waals surface area contributed by atoms with Crippen LogP contribution in [0.15, 0.2) is 0 Å². The number of phosphoric acid groups is 2. The molecule has 0 aromatic rings. The molecule has 0 saturated heterocycles. The summed E-state index contributed by atoms with van der Waals surface area (Å²) < 4.78 is 68.2. The van der Waals surface area contributed by atoms with Gasteiger partial charge in [-0.1, -0.05) is 324 Å². The average molecular weight is 1340 g/mol. The molecule has 19 heteroatoms. The van der Waals surface area contributed by atoms with Crippen LogP contribution in [-0.4, -0.2) is 96.7 Å². The molecule has 0 rings (SSSR count). The Balaban J connectivity index is 5.17. The zero-order valence-electron chi connectivity index (χ0n) is 59.0. The van der Waals surface area contributed by atoms with Crippen molar-refractivity contribution < 1.29 is 80.2 Å². The van der Waals surface area contributed by atoms with E-state index in [1.165, 1.54) is 186 Å². The number of carbonyl (C=O) groups excluding carboxylic acids is 4. The van der Waals surface area contributed by atoms with E-state index in [2.05, 4.69) is 34.6 Å². The minimum absolute atomic E-state index is 0.105. The highest BCUT2D eigenvalue weighted by molar-refractivity contribution is 7.47. The fourth-order valence-electron chi connectivity index (χ4n) is 11.0. The first-order chi connectivity index (χ1) is 44.1. The van der Waals surface area contributed by atoms with E-state index in [9.17, 15) is 43.2 Å². The topological polar surface area (TPSA) is 237 Å². The fourth-order valence-corrected chi connectivity index (χ4v) is 12.5. The summed E-state index contributed by atoms with van der Waals surface area (Å²) in [5.41, 5.74) is 0. The first-order valence-electron chi connectivity index (χ1n) is 37.7. The number of hydrogen-bond acceptors (Lipinski definition) is 15. The maximum Gasteiger partial charge on any atom is 0.472 e. The van der Waals surface area contributed by atoms with Crippen LogP contribution in [0, 0.1) is 5.92 Å². The largest absolute Gasteiger partial charge is 0.472 e. The van der Waals surface area contributed by atoms with Gasteiger partial charge in [0.15, 0.2) is 12.2 Å². The predicted octanol–water partition coefficient (Wildman–Crippen LogP) is 20.9. The van der Waals surface area contributed by atoms with E-state index in [0.29, 0.717) is 25.7 Å². The average Bonchev–Trinajstić information content (AvgIpc) is 2.88. The van der Waals surface area contributed by atoms with Crippen LogP contribution >= 0.6 is 15.6 Å². The number of ether oxygens (including phenoxy) is 4. The molecule has 0 saturated carbocycles. The number of rotatable bonds is 72. The Morgan fingerprint density at radius 3 is 0.780 bits per heavy atom. The Labute approximate surface area is 556 Å². The lowest BCUT2D eigenvalue weighted by Crippen LogP contribution is -2.30. The molecule has 0 amide bonds. The maximum absolute atomic E-state index is 13.0. The molecule has 17 nitrogen and oxygen atoms in total. The highest BCUT2D eigenvalue weighted by atomic mass is 31.2. The smallest absolute Gasteiger partial charge is 0.462 e. The highest BCUT2D eigenvalue weighted by Crippen LogP contribution is 2.45. The summed E-state index contributed by atoms with van der Waals surface area (Å²) in [5.74, 6) is -1.28. The lowest BCUT2D eigenvalue weighted by molar-refractivity contribution is -0.161. The molecule has 6 atom stereocenters. The Morgan fingerprint density at radius 2 is 0.527 bits per heavy atom. The van der Waals surface area contributed by atoms with Gasteiger partial charge in [0.25, 0.3) is 0 Å². The Morgan fingerprint density at radius 1 is 0.308 bits per heavy atom. The van der Waals surface area contributed by atoms with Crippen LogP contribution in [0.2, 0.25) is 0 Å². The zero-order chi connectivity index (χ0) is 67.0. The second-order valence-corrected chi connectivity index (χ2v) is 29.1. The van der Waals surface area contributed by atoms with E-state index in [1.807, 2.05) is 0 Å². The molecule has 0 radical (unpaired) electrons. The number of hydrogen-bond donors (Lipinski definition) is 3. The first kappa shape index (κ1) is 89.1. The van der Waals surface area contributed by atoms with E-state index in [1.54, 1.807) is 0 Å². The van der Waals surface area contributed by atoms with Gasteiger partial charge in [0.1, 0.15) is 19.3 Å². The molecule has 0 aromatic heterocycles. The van der Waals surface area contributed by atoms with Crippen LogP contribution in [-0.2, 0) is 65.4 Å². The Bertz CT molecular complexity index is 1760. The minimum atomic E-state index is -4.95. The van der Waals surface area contributed by atoms with E-state index >= 15 is 0 Å². The molecule has 3 N–H and O–H groups in total. The number of esters is 4. The summed E-state index contributed by atoms with van der Waals surface area (Å²) in [6.45, 7) is 7.26. The molecule has 0 aliphatic heterocycles. The second-order valence-electron chi connectivity index (χ2n) is 26.2. The van der Waals surface area contributed by atoms with Crippen molar-refractivity contribution in [2.45, 2.75) is 393 Å². The van der Waals surface area contributed by atoms with E-state index in [4.69, 9.17) is 37.0 Å². The van der Waals surface area contributed by atoms with Gasteiger partial charge < -0.3 is 33.8 Å².